The molecular weight excluding hydrogens is 484 g/mol. The van der Waals surface area contributed by atoms with Gasteiger partial charge in [-0.3, -0.25) is 14.5 Å². The molecule has 2 fully saturated rings. The number of rotatable bonds is 12. The highest BCUT2D eigenvalue weighted by atomic mass is 16.5. The molecule has 2 aromatic carbocycles. The van der Waals surface area contributed by atoms with E-state index in [1.54, 1.807) is 35.2 Å². The van der Waals surface area contributed by atoms with E-state index in [0.29, 0.717) is 50.7 Å². The third kappa shape index (κ3) is 6.44. The van der Waals surface area contributed by atoms with E-state index in [9.17, 15) is 14.7 Å². The van der Waals surface area contributed by atoms with Crippen LogP contribution >= 0.6 is 0 Å². The Bertz CT molecular complexity index is 1140. The van der Waals surface area contributed by atoms with Crippen LogP contribution in [0.3, 0.4) is 0 Å². The first-order valence-electron chi connectivity index (χ1n) is 13.2. The van der Waals surface area contributed by atoms with Crippen LogP contribution in [-0.2, 0) is 14.3 Å². The SMILES string of the molecule is C=CCOc1ccc(/C(O)=C2\C(=O)C(=O)N(CCCN3CCOCC3)[C@H]2c2ccc(OCCC)cc2)cc1. The van der Waals surface area contributed by atoms with Gasteiger partial charge in [0.05, 0.1) is 31.4 Å². The van der Waals surface area contributed by atoms with Crippen LogP contribution in [0.5, 0.6) is 11.5 Å². The molecule has 1 atom stereocenters. The van der Waals surface area contributed by atoms with Crippen molar-refractivity contribution in [2.45, 2.75) is 25.8 Å². The molecule has 2 heterocycles. The summed E-state index contributed by atoms with van der Waals surface area (Å²) in [7, 11) is 0. The van der Waals surface area contributed by atoms with Crippen LogP contribution in [0.4, 0.5) is 0 Å². The van der Waals surface area contributed by atoms with Crippen molar-refractivity contribution < 1.29 is 28.9 Å². The number of hydrogen-bond donors (Lipinski definition) is 1. The highest BCUT2D eigenvalue weighted by Gasteiger charge is 2.45. The average Bonchev–Trinajstić information content (AvgIpc) is 3.21. The first-order chi connectivity index (χ1) is 18.5. The summed E-state index contributed by atoms with van der Waals surface area (Å²) in [4.78, 5) is 30.4. The predicted octanol–water partition coefficient (Wildman–Crippen LogP) is 4.18. The third-order valence-electron chi connectivity index (χ3n) is 6.68. The lowest BCUT2D eigenvalue weighted by atomic mass is 9.95. The van der Waals surface area contributed by atoms with Gasteiger partial charge >= 0.3 is 0 Å². The van der Waals surface area contributed by atoms with Crippen molar-refractivity contribution in [2.24, 2.45) is 0 Å². The Balaban J connectivity index is 1.63. The number of carbonyl (C=O) groups is 2. The molecule has 8 nitrogen and oxygen atoms in total. The van der Waals surface area contributed by atoms with E-state index in [2.05, 4.69) is 11.5 Å². The standard InChI is InChI=1S/C30H36N2O6/c1-3-18-37-24-10-6-22(7-11-24)27-26(28(33)23-8-12-25(13-9-23)38-19-4-2)29(34)30(35)32(27)15-5-14-31-16-20-36-21-17-31/h4,6-13,27,33H,2-3,5,14-21H2,1H3/b28-26+/t27-/m0/s1. The number of amides is 1. The monoisotopic (exact) mass is 520 g/mol. The van der Waals surface area contributed by atoms with Crippen molar-refractivity contribution in [3.8, 4) is 11.5 Å². The Kier molecular flexibility index (Phi) is 9.56. The van der Waals surface area contributed by atoms with E-state index in [1.807, 2.05) is 31.2 Å². The summed E-state index contributed by atoms with van der Waals surface area (Å²) in [5.41, 5.74) is 1.27. The van der Waals surface area contributed by atoms with Crippen LogP contribution in [0, 0.1) is 0 Å². The molecule has 4 rings (SSSR count). The zero-order chi connectivity index (χ0) is 26.9. The maximum atomic E-state index is 13.3. The molecule has 0 saturated carbocycles. The molecule has 202 valence electrons. The maximum absolute atomic E-state index is 13.3. The number of aliphatic hydroxyl groups is 1. The van der Waals surface area contributed by atoms with Crippen LogP contribution in [-0.4, -0.2) is 79.2 Å². The Hall–Kier alpha value is -3.62. The summed E-state index contributed by atoms with van der Waals surface area (Å²) in [5, 5.41) is 11.3. The van der Waals surface area contributed by atoms with Crippen LogP contribution < -0.4 is 9.47 Å². The van der Waals surface area contributed by atoms with Gasteiger partial charge in [-0.05, 0) is 54.8 Å². The fraction of sp³-hybridized carbons (Fsp3) is 0.400. The van der Waals surface area contributed by atoms with Gasteiger partial charge in [-0.25, -0.2) is 0 Å². The number of hydrogen-bond acceptors (Lipinski definition) is 7. The maximum Gasteiger partial charge on any atom is 0.295 e. The van der Waals surface area contributed by atoms with Crippen LogP contribution in [0.25, 0.3) is 5.76 Å². The molecule has 0 spiro atoms. The molecule has 2 aliphatic heterocycles. The van der Waals surface area contributed by atoms with Gasteiger partial charge in [0.15, 0.2) is 0 Å². The van der Waals surface area contributed by atoms with Gasteiger partial charge in [0, 0.05) is 31.7 Å². The van der Waals surface area contributed by atoms with Gasteiger partial charge < -0.3 is 24.2 Å². The number of nitrogens with zero attached hydrogens (tertiary/aromatic N) is 2. The number of carbonyl (C=O) groups excluding carboxylic acids is 2. The first-order valence-corrected chi connectivity index (χ1v) is 13.2. The highest BCUT2D eigenvalue weighted by Crippen LogP contribution is 2.40. The summed E-state index contributed by atoms with van der Waals surface area (Å²) in [6, 6.07) is 13.5. The van der Waals surface area contributed by atoms with E-state index in [1.165, 1.54) is 0 Å². The molecule has 1 amide bonds. The lowest BCUT2D eigenvalue weighted by Gasteiger charge is -2.29. The van der Waals surface area contributed by atoms with E-state index in [-0.39, 0.29) is 11.3 Å². The van der Waals surface area contributed by atoms with Crippen LogP contribution in [0.1, 0.15) is 36.9 Å². The van der Waals surface area contributed by atoms with Crippen molar-refractivity contribution in [1.29, 1.82) is 0 Å². The molecule has 0 radical (unpaired) electrons. The summed E-state index contributed by atoms with van der Waals surface area (Å²) in [5.74, 6) is -0.155. The quantitative estimate of drug-likeness (QED) is 0.194. The molecular formula is C30H36N2O6. The van der Waals surface area contributed by atoms with Crippen molar-refractivity contribution >= 4 is 17.4 Å². The molecule has 0 aromatic heterocycles. The fourth-order valence-electron chi connectivity index (χ4n) is 4.73. The molecule has 0 aliphatic carbocycles. The number of morpholine rings is 1. The minimum atomic E-state index is -0.698. The number of aliphatic hydroxyl groups excluding tert-OH is 1. The number of ketones is 1. The lowest BCUT2D eigenvalue weighted by Crippen LogP contribution is -2.38. The molecule has 38 heavy (non-hydrogen) atoms. The molecule has 1 N–H and O–H groups in total. The Labute approximate surface area is 224 Å². The molecule has 0 unspecified atom stereocenters. The number of likely N-dealkylation sites (tertiary alicyclic amines) is 1. The number of ether oxygens (including phenoxy) is 3. The predicted molar refractivity (Wildman–Crippen MR) is 145 cm³/mol. The Morgan fingerprint density at radius 1 is 1.03 bits per heavy atom. The second kappa shape index (κ2) is 13.3. The highest BCUT2D eigenvalue weighted by molar-refractivity contribution is 6.46. The zero-order valence-electron chi connectivity index (χ0n) is 21.9. The van der Waals surface area contributed by atoms with E-state index < -0.39 is 17.7 Å². The number of Topliss-reactive ketones (excluding diaryl/α,β-unsaturated/α-hetero) is 1. The van der Waals surface area contributed by atoms with Gasteiger partial charge in [-0.15, -0.1) is 0 Å². The number of benzene rings is 2. The van der Waals surface area contributed by atoms with Crippen LogP contribution in [0.2, 0.25) is 0 Å². The second-order valence-corrected chi connectivity index (χ2v) is 9.34. The van der Waals surface area contributed by atoms with Crippen molar-refractivity contribution in [3.63, 3.8) is 0 Å². The van der Waals surface area contributed by atoms with E-state index in [0.717, 1.165) is 37.4 Å². The van der Waals surface area contributed by atoms with E-state index >= 15 is 0 Å². The average molecular weight is 521 g/mol. The topological polar surface area (TPSA) is 88.5 Å². The van der Waals surface area contributed by atoms with Crippen molar-refractivity contribution in [1.82, 2.24) is 9.80 Å². The van der Waals surface area contributed by atoms with Gasteiger partial charge in [0.2, 0.25) is 0 Å². The molecule has 0 bridgehead atoms. The largest absolute Gasteiger partial charge is 0.507 e. The minimum Gasteiger partial charge on any atom is -0.507 e. The summed E-state index contributed by atoms with van der Waals surface area (Å²) >= 11 is 0. The first kappa shape index (κ1) is 27.4. The van der Waals surface area contributed by atoms with Gasteiger partial charge in [0.1, 0.15) is 23.9 Å². The molecule has 2 aliphatic rings. The van der Waals surface area contributed by atoms with Gasteiger partial charge in [-0.1, -0.05) is 31.7 Å². The Morgan fingerprint density at radius 3 is 2.34 bits per heavy atom. The smallest absolute Gasteiger partial charge is 0.295 e. The molecule has 8 heteroatoms. The molecule has 2 aromatic rings. The summed E-state index contributed by atoms with van der Waals surface area (Å²) in [6.45, 7) is 11.0. The van der Waals surface area contributed by atoms with Crippen molar-refractivity contribution in [3.05, 3.63) is 77.9 Å². The summed E-state index contributed by atoms with van der Waals surface area (Å²) < 4.78 is 16.7. The van der Waals surface area contributed by atoms with Gasteiger partial charge in [-0.2, -0.15) is 0 Å². The third-order valence-corrected chi connectivity index (χ3v) is 6.68. The Morgan fingerprint density at radius 2 is 1.68 bits per heavy atom. The van der Waals surface area contributed by atoms with Crippen molar-refractivity contribution in [2.75, 3.05) is 52.6 Å². The van der Waals surface area contributed by atoms with E-state index in [4.69, 9.17) is 14.2 Å². The lowest BCUT2D eigenvalue weighted by molar-refractivity contribution is -0.140. The second-order valence-electron chi connectivity index (χ2n) is 9.34. The normalized spacial score (nSPS) is 19.5. The molecule has 2 saturated heterocycles. The van der Waals surface area contributed by atoms with Gasteiger partial charge in [0.25, 0.3) is 11.7 Å². The summed E-state index contributed by atoms with van der Waals surface area (Å²) in [6.07, 6.45) is 3.24. The minimum absolute atomic E-state index is 0.0864. The zero-order valence-corrected chi connectivity index (χ0v) is 21.9. The fourth-order valence-corrected chi connectivity index (χ4v) is 4.73. The van der Waals surface area contributed by atoms with Crippen LogP contribution in [0.15, 0.2) is 66.8 Å².